The minimum absolute atomic E-state index is 0.0220. The number of halogens is 18. The van der Waals surface area contributed by atoms with Gasteiger partial charge in [0.1, 0.15) is 0 Å². The second-order valence-corrected chi connectivity index (χ2v) is 15.5. The first-order valence-corrected chi connectivity index (χ1v) is 19.3. The molecule has 0 aliphatic rings. The van der Waals surface area contributed by atoms with Crippen LogP contribution in [0.4, 0.5) is 96.1 Å². The topological polar surface area (TPSA) is 73.2 Å². The number of alkyl halides is 18. The molecule has 0 unspecified atom stereocenters. The van der Waals surface area contributed by atoms with Crippen molar-refractivity contribution in [3.8, 4) is 0 Å². The molecule has 0 saturated carbocycles. The fourth-order valence-electron chi connectivity index (χ4n) is 5.08. The van der Waals surface area contributed by atoms with E-state index >= 15 is 0 Å². The van der Waals surface area contributed by atoms with Gasteiger partial charge in [-0.3, -0.25) is 0 Å². The molecule has 3 aromatic carbocycles. The molecule has 0 aromatic heterocycles. The van der Waals surface area contributed by atoms with E-state index in [1.54, 1.807) is 7.05 Å². The monoisotopic (exact) mass is 1110 g/mol. The average Bonchev–Trinajstić information content (AvgIpc) is 3.09. The molecule has 0 saturated heterocycles. The molecule has 0 bridgehead atoms. The Bertz CT molecular complexity index is 1790. The number of nitrogens with one attached hydrogen (secondary N) is 3. The number of aliphatic imine (C=N–C) groups is 3. The third-order valence-electron chi connectivity index (χ3n) is 8.20. The summed E-state index contributed by atoms with van der Waals surface area (Å²) in [5, 5.41) is 6.92. The number of anilines is 3. The molecule has 0 heterocycles. The second kappa shape index (κ2) is 20.0. The van der Waals surface area contributed by atoms with Crippen molar-refractivity contribution in [2.45, 2.75) is 37.1 Å². The molecule has 3 aromatic rings. The average molecular weight is 1110 g/mol. The Morgan fingerprint density at radius 3 is 0.726 bits per heavy atom. The molecule has 28 heteroatoms. The molecule has 0 amide bonds. The molecule has 3 rings (SSSR count). The first-order valence-electron chi connectivity index (χ1n) is 16.7. The number of benzene rings is 3. The number of rotatable bonds is 12. The van der Waals surface area contributed by atoms with Crippen LogP contribution in [-0.4, -0.2) is 113 Å². The Morgan fingerprint density at radius 2 is 0.565 bits per heavy atom. The minimum atomic E-state index is -5.15. The van der Waals surface area contributed by atoms with E-state index in [9.17, 15) is 79.0 Å². The van der Waals surface area contributed by atoms with Crippen molar-refractivity contribution in [1.82, 2.24) is 0 Å². The number of hydrogen-bond donors (Lipinski definition) is 3. The first kappa shape index (κ1) is 52.7. The van der Waals surface area contributed by atoms with Gasteiger partial charge in [-0.05, 0) is 0 Å². The normalized spacial score (nSPS) is 15.0. The van der Waals surface area contributed by atoms with E-state index in [1.165, 1.54) is 0 Å². The van der Waals surface area contributed by atoms with Crippen LogP contribution in [0.15, 0.2) is 69.6 Å². The van der Waals surface area contributed by atoms with Crippen molar-refractivity contribution in [2.75, 3.05) is 62.3 Å². The molecule has 3 N–H and O–H groups in total. The molecule has 341 valence electrons. The first-order chi connectivity index (χ1) is 28.0. The summed E-state index contributed by atoms with van der Waals surface area (Å²) in [5.41, 5.74) is -11.6. The molecule has 0 spiro atoms. The molecular formula is C34H27F18N7Se3+. The van der Waals surface area contributed by atoms with Crippen LogP contribution in [0.3, 0.4) is 0 Å². The Labute approximate surface area is 363 Å². The summed E-state index contributed by atoms with van der Waals surface area (Å²) in [5.74, 6) is 0. The zero-order valence-electron chi connectivity index (χ0n) is 30.8. The van der Waals surface area contributed by atoms with Crippen molar-refractivity contribution in [2.24, 2.45) is 15.0 Å². The van der Waals surface area contributed by atoms with Crippen molar-refractivity contribution in [3.63, 3.8) is 0 Å². The number of nitrogens with zero attached hydrogens (tertiary/aromatic N) is 4. The molecular weight excluding hydrogens is 1090 g/mol. The maximum absolute atomic E-state index is 13.3. The Hall–Kier alpha value is -3.67. The summed E-state index contributed by atoms with van der Waals surface area (Å²) in [6.45, 7) is -0.715. The van der Waals surface area contributed by atoms with Gasteiger partial charge < -0.3 is 0 Å². The third kappa shape index (κ3) is 16.8. The quantitative estimate of drug-likeness (QED) is 0.0557. The molecule has 0 fully saturated rings. The molecule has 62 heavy (non-hydrogen) atoms. The van der Waals surface area contributed by atoms with Gasteiger partial charge in [-0.15, -0.1) is 0 Å². The molecule has 0 aliphatic carbocycles. The van der Waals surface area contributed by atoms with E-state index in [2.05, 4.69) is 79.0 Å². The number of hydrogen-bond acceptors (Lipinski definition) is 3. The fraction of sp³-hybridized carbons (Fsp3) is 0.382. The van der Waals surface area contributed by atoms with E-state index in [0.717, 1.165) is 0 Å². The van der Waals surface area contributed by atoms with Crippen LogP contribution in [-0.2, 0) is 37.1 Å². The summed E-state index contributed by atoms with van der Waals surface area (Å²) in [7, 11) is 1.55. The van der Waals surface area contributed by atoms with Crippen molar-refractivity contribution in [1.29, 1.82) is 0 Å². The van der Waals surface area contributed by atoms with Gasteiger partial charge in [-0.1, -0.05) is 0 Å². The van der Waals surface area contributed by atoms with Crippen LogP contribution >= 0.6 is 0 Å². The van der Waals surface area contributed by atoms with Crippen LogP contribution in [0.5, 0.6) is 0 Å². The number of amidine groups is 3. The van der Waals surface area contributed by atoms with E-state index in [4.69, 9.17) is 0 Å². The predicted octanol–water partition coefficient (Wildman–Crippen LogP) is 9.46. The van der Waals surface area contributed by atoms with Gasteiger partial charge in [-0.2, -0.15) is 0 Å². The van der Waals surface area contributed by atoms with Gasteiger partial charge >= 0.3 is 365 Å². The van der Waals surface area contributed by atoms with Crippen LogP contribution in [0, 0.1) is 0 Å². The third-order valence-corrected chi connectivity index (χ3v) is 9.66. The number of likely N-dealkylation sites (N-methyl/N-ethyl adjacent to an activating group) is 1. The Morgan fingerprint density at radius 1 is 0.387 bits per heavy atom. The second-order valence-electron chi connectivity index (χ2n) is 13.1. The van der Waals surface area contributed by atoms with Crippen LogP contribution < -0.4 is 16.0 Å². The molecule has 3 radical (unpaired) electrons. The summed E-state index contributed by atoms with van der Waals surface area (Å²) in [6, 6.07) is 2.19. The summed E-state index contributed by atoms with van der Waals surface area (Å²) < 4.78 is 239. The van der Waals surface area contributed by atoms with Crippen molar-refractivity contribution in [3.05, 3.63) is 88.0 Å². The summed E-state index contributed by atoms with van der Waals surface area (Å²) in [6.07, 6.45) is -30.9. The molecule has 0 atom stereocenters. The van der Waals surface area contributed by atoms with Crippen LogP contribution in [0.25, 0.3) is 0 Å². The molecule has 7 nitrogen and oxygen atoms in total. The van der Waals surface area contributed by atoms with Gasteiger partial charge in [0.05, 0.1) is 0 Å². The zero-order valence-corrected chi connectivity index (χ0v) is 35.9. The summed E-state index contributed by atoms with van der Waals surface area (Å²) >= 11 is 7.09. The van der Waals surface area contributed by atoms with Crippen molar-refractivity contribution >= 4 is 79.3 Å². The Balaban J connectivity index is 1.87. The van der Waals surface area contributed by atoms with Gasteiger partial charge in [0.2, 0.25) is 0 Å². The maximum atomic E-state index is 13.3. The predicted molar refractivity (Wildman–Crippen MR) is 195 cm³/mol. The molecule has 0 aliphatic heterocycles. The summed E-state index contributed by atoms with van der Waals surface area (Å²) in [4.78, 5) is 12.3. The van der Waals surface area contributed by atoms with Crippen LogP contribution in [0.2, 0.25) is 0 Å². The van der Waals surface area contributed by atoms with Gasteiger partial charge in [0.25, 0.3) is 0 Å². The van der Waals surface area contributed by atoms with Gasteiger partial charge in [0, 0.05) is 0 Å². The van der Waals surface area contributed by atoms with E-state index in [-0.39, 0.29) is 76.2 Å². The van der Waals surface area contributed by atoms with Gasteiger partial charge in [0.15, 0.2) is 0 Å². The zero-order chi connectivity index (χ0) is 47.3. The fourth-order valence-corrected chi connectivity index (χ4v) is 6.40. The SMILES string of the molecule is C[N+](CCN=C([Se])Nc1cc(C(F)(F)F)cc(C(F)(F)F)c1)(CCN=C([Se])Nc1cc(C(F)(F)F)cc(C(F)(F)F)c1)CCN=C([Se])Nc1cc(C(F)(F)F)cc(C(F)(F)F)c1. The standard InChI is InChI=1S/C34H27F18N7Se3/c1-59(5-2-53-26(60)56-23-11-17(29(35,36)37)8-18(12-23)30(38,39)40,6-3-54-27(61)57-24-13-19(31(41,42)43)9-20(14-24)32(44,45)46)7-4-55-28(62)58-25-15-21(33(47,48)49)10-22(16-25)34(50,51)52/h8-16H,2-7H2,1H3,(H,53,56)(H,54,57)(H,55,58)/q+1. The van der Waals surface area contributed by atoms with Gasteiger partial charge in [-0.25, -0.2) is 0 Å². The van der Waals surface area contributed by atoms with Crippen LogP contribution in [0.1, 0.15) is 33.4 Å². The van der Waals surface area contributed by atoms with E-state index in [1.807, 2.05) is 0 Å². The Kier molecular flexibility index (Phi) is 17.0. The number of quaternary nitrogens is 1. The van der Waals surface area contributed by atoms with E-state index < -0.39 is 87.5 Å². The van der Waals surface area contributed by atoms with Crippen molar-refractivity contribution < 1.29 is 83.5 Å². The van der Waals surface area contributed by atoms with E-state index in [0.29, 0.717) is 36.4 Å².